The van der Waals surface area contributed by atoms with Crippen LogP contribution in [0.2, 0.25) is 0 Å². The molecule has 2 amide bonds. The molecule has 0 bridgehead atoms. The summed E-state index contributed by atoms with van der Waals surface area (Å²) in [7, 11) is 0. The second kappa shape index (κ2) is 8.15. The average Bonchev–Trinajstić information content (AvgIpc) is 3.14. The molecule has 130 valence electrons. The summed E-state index contributed by atoms with van der Waals surface area (Å²) in [5, 5.41) is 2.81. The number of piperazine rings is 1. The standard InChI is InChI=1S/C18H25N3O3/c22-17(19-14-16-7-4-12-24-16)13-18(23)21-10-8-20(9-11-21)15-5-2-1-3-6-15/h1-3,5-6,16H,4,7-14H2,(H,19,22). The number of hydrogen-bond acceptors (Lipinski definition) is 4. The molecule has 3 rings (SSSR count). The van der Waals surface area contributed by atoms with Gasteiger partial charge in [-0.3, -0.25) is 9.59 Å². The van der Waals surface area contributed by atoms with Crippen LogP contribution >= 0.6 is 0 Å². The Bertz CT molecular complexity index is 550. The molecule has 2 fully saturated rings. The van der Waals surface area contributed by atoms with Crippen LogP contribution < -0.4 is 10.2 Å². The van der Waals surface area contributed by atoms with Crippen molar-refractivity contribution in [3.05, 3.63) is 30.3 Å². The van der Waals surface area contributed by atoms with E-state index < -0.39 is 0 Å². The van der Waals surface area contributed by atoms with Crippen molar-refractivity contribution in [1.29, 1.82) is 0 Å². The first-order valence-corrected chi connectivity index (χ1v) is 8.68. The highest BCUT2D eigenvalue weighted by Crippen LogP contribution is 2.16. The molecular formula is C18H25N3O3. The number of benzene rings is 1. The van der Waals surface area contributed by atoms with Gasteiger partial charge in [-0.1, -0.05) is 18.2 Å². The van der Waals surface area contributed by atoms with Gasteiger partial charge in [-0.15, -0.1) is 0 Å². The van der Waals surface area contributed by atoms with Gasteiger partial charge in [-0.2, -0.15) is 0 Å². The van der Waals surface area contributed by atoms with Crippen molar-refractivity contribution in [3.8, 4) is 0 Å². The normalized spacial score (nSPS) is 20.9. The maximum absolute atomic E-state index is 12.3. The minimum Gasteiger partial charge on any atom is -0.376 e. The van der Waals surface area contributed by atoms with Gasteiger partial charge in [-0.05, 0) is 25.0 Å². The van der Waals surface area contributed by atoms with E-state index in [1.807, 2.05) is 18.2 Å². The van der Waals surface area contributed by atoms with E-state index in [0.29, 0.717) is 19.6 Å². The maximum atomic E-state index is 12.3. The van der Waals surface area contributed by atoms with Crippen molar-refractivity contribution in [3.63, 3.8) is 0 Å². The fourth-order valence-electron chi connectivity index (χ4n) is 3.20. The molecule has 2 aliphatic heterocycles. The minimum absolute atomic E-state index is 0.0714. The smallest absolute Gasteiger partial charge is 0.232 e. The molecule has 0 aliphatic carbocycles. The number of carbonyl (C=O) groups is 2. The lowest BCUT2D eigenvalue weighted by molar-refractivity contribution is -0.136. The van der Waals surface area contributed by atoms with E-state index in [2.05, 4.69) is 22.3 Å². The zero-order valence-corrected chi connectivity index (χ0v) is 13.9. The molecule has 6 heteroatoms. The van der Waals surface area contributed by atoms with Gasteiger partial charge in [0.25, 0.3) is 0 Å². The second-order valence-corrected chi connectivity index (χ2v) is 6.32. The number of hydrogen-bond donors (Lipinski definition) is 1. The summed E-state index contributed by atoms with van der Waals surface area (Å²) in [6.45, 7) is 4.19. The van der Waals surface area contributed by atoms with Gasteiger partial charge >= 0.3 is 0 Å². The fraction of sp³-hybridized carbons (Fsp3) is 0.556. The third-order valence-corrected chi connectivity index (χ3v) is 4.62. The third kappa shape index (κ3) is 4.47. The quantitative estimate of drug-likeness (QED) is 0.819. The predicted octanol–water partition coefficient (Wildman–Crippen LogP) is 1.02. The fourth-order valence-corrected chi connectivity index (χ4v) is 3.20. The van der Waals surface area contributed by atoms with Crippen molar-refractivity contribution < 1.29 is 14.3 Å². The van der Waals surface area contributed by atoms with E-state index in [-0.39, 0.29) is 24.3 Å². The van der Waals surface area contributed by atoms with Gasteiger partial charge in [0, 0.05) is 45.0 Å². The van der Waals surface area contributed by atoms with Crippen molar-refractivity contribution in [1.82, 2.24) is 10.2 Å². The topological polar surface area (TPSA) is 61.9 Å². The van der Waals surface area contributed by atoms with Crippen molar-refractivity contribution in [2.45, 2.75) is 25.4 Å². The summed E-state index contributed by atoms with van der Waals surface area (Å²) < 4.78 is 5.46. The Morgan fingerprint density at radius 3 is 2.54 bits per heavy atom. The number of ether oxygens (including phenoxy) is 1. The van der Waals surface area contributed by atoms with E-state index >= 15 is 0 Å². The van der Waals surface area contributed by atoms with Crippen LogP contribution in [0.3, 0.4) is 0 Å². The van der Waals surface area contributed by atoms with E-state index in [0.717, 1.165) is 32.5 Å². The van der Waals surface area contributed by atoms with E-state index in [1.165, 1.54) is 5.69 Å². The van der Waals surface area contributed by atoms with Crippen LogP contribution in [0.5, 0.6) is 0 Å². The predicted molar refractivity (Wildman–Crippen MR) is 91.8 cm³/mol. The highest BCUT2D eigenvalue weighted by atomic mass is 16.5. The van der Waals surface area contributed by atoms with Crippen LogP contribution in [0, 0.1) is 0 Å². The SMILES string of the molecule is O=C(CC(=O)N1CCN(c2ccccc2)CC1)NCC1CCCO1. The molecule has 1 aromatic carbocycles. The monoisotopic (exact) mass is 331 g/mol. The summed E-state index contributed by atoms with van der Waals surface area (Å²) in [4.78, 5) is 28.2. The first-order chi connectivity index (χ1) is 11.7. The number of nitrogens with zero attached hydrogens (tertiary/aromatic N) is 2. The lowest BCUT2D eigenvalue weighted by Gasteiger charge is -2.36. The number of para-hydroxylation sites is 1. The number of amides is 2. The maximum Gasteiger partial charge on any atom is 0.232 e. The van der Waals surface area contributed by atoms with Gasteiger partial charge < -0.3 is 19.9 Å². The Kier molecular flexibility index (Phi) is 5.69. The van der Waals surface area contributed by atoms with Crippen LogP contribution in [0.4, 0.5) is 5.69 Å². The highest BCUT2D eigenvalue weighted by molar-refractivity contribution is 5.97. The van der Waals surface area contributed by atoms with Gasteiger partial charge in [0.2, 0.25) is 11.8 Å². The molecule has 1 atom stereocenters. The molecule has 0 aromatic heterocycles. The molecular weight excluding hydrogens is 306 g/mol. The van der Waals surface area contributed by atoms with Gasteiger partial charge in [-0.25, -0.2) is 0 Å². The number of carbonyl (C=O) groups excluding carboxylic acids is 2. The summed E-state index contributed by atoms with van der Waals surface area (Å²) in [6, 6.07) is 10.2. The average molecular weight is 331 g/mol. The largest absolute Gasteiger partial charge is 0.376 e. The Balaban J connectivity index is 1.39. The van der Waals surface area contributed by atoms with E-state index in [9.17, 15) is 9.59 Å². The first kappa shape index (κ1) is 16.8. The summed E-state index contributed by atoms with van der Waals surface area (Å²) in [6.07, 6.45) is 2.07. The Hall–Kier alpha value is -2.08. The lowest BCUT2D eigenvalue weighted by Crippen LogP contribution is -2.49. The molecule has 1 N–H and O–H groups in total. The van der Waals surface area contributed by atoms with Crippen LogP contribution in [0.1, 0.15) is 19.3 Å². The zero-order valence-electron chi connectivity index (χ0n) is 13.9. The molecule has 2 aliphatic rings. The molecule has 1 aromatic rings. The van der Waals surface area contributed by atoms with Gasteiger partial charge in [0.05, 0.1) is 6.10 Å². The molecule has 1 unspecified atom stereocenters. The summed E-state index contributed by atoms with van der Waals surface area (Å²) in [5.74, 6) is -0.298. The first-order valence-electron chi connectivity index (χ1n) is 8.68. The molecule has 2 saturated heterocycles. The Morgan fingerprint density at radius 1 is 1.12 bits per heavy atom. The van der Waals surface area contributed by atoms with Crippen LogP contribution in [-0.4, -0.2) is 62.1 Å². The van der Waals surface area contributed by atoms with Crippen molar-refractivity contribution in [2.24, 2.45) is 0 Å². The minimum atomic E-state index is -0.207. The lowest BCUT2D eigenvalue weighted by atomic mass is 10.2. The molecule has 24 heavy (non-hydrogen) atoms. The zero-order chi connectivity index (χ0) is 16.8. The van der Waals surface area contributed by atoms with Gasteiger partial charge in [0.1, 0.15) is 6.42 Å². The van der Waals surface area contributed by atoms with E-state index in [4.69, 9.17) is 4.74 Å². The molecule has 2 heterocycles. The summed E-state index contributed by atoms with van der Waals surface area (Å²) in [5.41, 5.74) is 1.18. The molecule has 0 saturated carbocycles. The number of nitrogens with one attached hydrogen (secondary N) is 1. The van der Waals surface area contributed by atoms with Crippen LogP contribution in [-0.2, 0) is 14.3 Å². The molecule has 0 radical (unpaired) electrons. The van der Waals surface area contributed by atoms with Gasteiger partial charge in [0.15, 0.2) is 0 Å². The highest BCUT2D eigenvalue weighted by Gasteiger charge is 2.23. The molecule has 6 nitrogen and oxygen atoms in total. The van der Waals surface area contributed by atoms with Crippen molar-refractivity contribution >= 4 is 17.5 Å². The Labute approximate surface area is 142 Å². The second-order valence-electron chi connectivity index (χ2n) is 6.32. The van der Waals surface area contributed by atoms with Crippen LogP contribution in [0.25, 0.3) is 0 Å². The van der Waals surface area contributed by atoms with E-state index in [1.54, 1.807) is 4.90 Å². The third-order valence-electron chi connectivity index (χ3n) is 4.62. The summed E-state index contributed by atoms with van der Waals surface area (Å²) >= 11 is 0. The van der Waals surface area contributed by atoms with Crippen molar-refractivity contribution in [2.75, 3.05) is 44.2 Å². The van der Waals surface area contributed by atoms with Crippen LogP contribution in [0.15, 0.2) is 30.3 Å². The number of rotatable bonds is 5. The Morgan fingerprint density at radius 2 is 1.88 bits per heavy atom. The molecule has 0 spiro atoms. The number of anilines is 1.